The zero-order valence-electron chi connectivity index (χ0n) is 14.2. The molecule has 3 N–H and O–H groups in total. The predicted octanol–water partition coefficient (Wildman–Crippen LogP) is 1.95. The lowest BCUT2D eigenvalue weighted by molar-refractivity contribution is -0.119. The van der Waals surface area contributed by atoms with E-state index in [4.69, 9.17) is 11.0 Å². The minimum absolute atomic E-state index is 0.0467. The predicted molar refractivity (Wildman–Crippen MR) is 98.3 cm³/mol. The molecular formula is C19H16FN5O2. The van der Waals surface area contributed by atoms with Gasteiger partial charge in [0.05, 0.1) is 18.2 Å². The number of nitriles is 1. The number of hydrazone groups is 1. The number of hydrogen-bond donors (Lipinski definition) is 2. The molecule has 1 aliphatic heterocycles. The molecule has 2 amide bonds. The number of anilines is 2. The monoisotopic (exact) mass is 365 g/mol. The van der Waals surface area contributed by atoms with Crippen molar-refractivity contribution in [2.24, 2.45) is 10.8 Å². The van der Waals surface area contributed by atoms with Gasteiger partial charge in [0.1, 0.15) is 17.6 Å². The first-order valence-corrected chi connectivity index (χ1v) is 8.17. The van der Waals surface area contributed by atoms with Crippen LogP contribution in [-0.4, -0.2) is 23.6 Å². The van der Waals surface area contributed by atoms with Crippen molar-refractivity contribution in [2.75, 3.05) is 10.3 Å². The van der Waals surface area contributed by atoms with Gasteiger partial charge in [-0.3, -0.25) is 14.6 Å². The first-order chi connectivity index (χ1) is 13.0. The Morgan fingerprint density at radius 3 is 2.48 bits per heavy atom. The molecule has 2 aromatic carbocycles. The van der Waals surface area contributed by atoms with Gasteiger partial charge < -0.3 is 11.1 Å². The molecular weight excluding hydrogens is 349 g/mol. The largest absolute Gasteiger partial charge is 0.368 e. The molecule has 27 heavy (non-hydrogen) atoms. The Hall–Kier alpha value is -3.73. The molecule has 0 spiro atoms. The number of rotatable bonds is 5. The van der Waals surface area contributed by atoms with Gasteiger partial charge in [-0.05, 0) is 42.0 Å². The number of benzene rings is 2. The second kappa shape index (κ2) is 7.66. The highest BCUT2D eigenvalue weighted by Gasteiger charge is 2.35. The van der Waals surface area contributed by atoms with Crippen LogP contribution in [0.25, 0.3) is 0 Å². The van der Waals surface area contributed by atoms with Crippen molar-refractivity contribution in [3.8, 4) is 6.07 Å². The lowest BCUT2D eigenvalue weighted by atomic mass is 10.1. The Labute approximate surface area is 154 Å². The smallest absolute Gasteiger partial charge is 0.271 e. The Balaban J connectivity index is 1.77. The summed E-state index contributed by atoms with van der Waals surface area (Å²) in [7, 11) is 0. The zero-order chi connectivity index (χ0) is 19.4. The summed E-state index contributed by atoms with van der Waals surface area (Å²) in [5, 5.41) is 16.9. The van der Waals surface area contributed by atoms with Crippen molar-refractivity contribution in [1.29, 1.82) is 5.26 Å². The number of halogens is 1. The molecule has 0 saturated carbocycles. The Bertz CT molecular complexity index is 932. The zero-order valence-corrected chi connectivity index (χ0v) is 14.2. The van der Waals surface area contributed by atoms with Crippen molar-refractivity contribution in [1.82, 2.24) is 0 Å². The fourth-order valence-electron chi connectivity index (χ4n) is 2.70. The molecule has 3 rings (SSSR count). The quantitative estimate of drug-likeness (QED) is 0.843. The molecule has 0 fully saturated rings. The summed E-state index contributed by atoms with van der Waals surface area (Å²) in [6.07, 6.45) is 0.332. The fourth-order valence-corrected chi connectivity index (χ4v) is 2.70. The lowest BCUT2D eigenvalue weighted by Gasteiger charge is -2.20. The minimum atomic E-state index is -0.825. The van der Waals surface area contributed by atoms with Crippen LogP contribution in [0.2, 0.25) is 0 Å². The van der Waals surface area contributed by atoms with Gasteiger partial charge in [-0.2, -0.15) is 10.4 Å². The van der Waals surface area contributed by atoms with Crippen LogP contribution in [0, 0.1) is 17.1 Å². The van der Waals surface area contributed by atoms with Gasteiger partial charge in [0.25, 0.3) is 5.91 Å². The standard InChI is InChI=1S/C19H16FN5O2/c20-13-3-7-15(8-4-13)25-17(18(22)26)11-16(24-25)19(27)23-14-5-1-12(2-6-14)9-10-21/h1-8,17H,9,11H2,(H2,22,26)(H,23,27). The maximum absolute atomic E-state index is 13.1. The SMILES string of the molecule is N#CCc1ccc(NC(=O)C2=NN(c3ccc(F)cc3)C(C(N)=O)C2)cc1. The highest BCUT2D eigenvalue weighted by molar-refractivity contribution is 6.44. The number of amides is 2. The van der Waals surface area contributed by atoms with Crippen LogP contribution in [0.5, 0.6) is 0 Å². The summed E-state index contributed by atoms with van der Waals surface area (Å²) in [5.74, 6) is -1.51. The summed E-state index contributed by atoms with van der Waals surface area (Å²) in [6, 6.07) is 13.5. The van der Waals surface area contributed by atoms with Crippen molar-refractivity contribution >= 4 is 28.9 Å². The van der Waals surface area contributed by atoms with Gasteiger partial charge in [0, 0.05) is 12.1 Å². The van der Waals surface area contributed by atoms with Crippen LogP contribution in [0.15, 0.2) is 53.6 Å². The van der Waals surface area contributed by atoms with Gasteiger partial charge in [-0.15, -0.1) is 0 Å². The van der Waals surface area contributed by atoms with E-state index in [2.05, 4.69) is 10.4 Å². The average molecular weight is 365 g/mol. The molecule has 0 saturated heterocycles. The number of nitrogens with two attached hydrogens (primary N) is 1. The van der Waals surface area contributed by atoms with E-state index in [1.54, 1.807) is 24.3 Å². The summed E-state index contributed by atoms with van der Waals surface area (Å²) >= 11 is 0. The molecule has 1 unspecified atom stereocenters. The van der Waals surface area contributed by atoms with Crippen molar-refractivity contribution in [3.63, 3.8) is 0 Å². The number of carbonyl (C=O) groups excluding carboxylic acids is 2. The topological polar surface area (TPSA) is 112 Å². The first kappa shape index (κ1) is 18.1. The number of nitrogens with one attached hydrogen (secondary N) is 1. The van der Waals surface area contributed by atoms with E-state index >= 15 is 0 Å². The Morgan fingerprint density at radius 1 is 1.22 bits per heavy atom. The minimum Gasteiger partial charge on any atom is -0.368 e. The van der Waals surface area contributed by atoms with Gasteiger partial charge in [-0.1, -0.05) is 12.1 Å². The van der Waals surface area contributed by atoms with E-state index in [-0.39, 0.29) is 18.6 Å². The maximum atomic E-state index is 13.1. The van der Waals surface area contributed by atoms with Crippen LogP contribution in [0.1, 0.15) is 12.0 Å². The Morgan fingerprint density at radius 2 is 1.89 bits per heavy atom. The van der Waals surface area contributed by atoms with Crippen LogP contribution in [0.4, 0.5) is 15.8 Å². The lowest BCUT2D eigenvalue weighted by Crippen LogP contribution is -2.39. The number of primary amides is 1. The van der Waals surface area contributed by atoms with Gasteiger partial charge in [0.15, 0.2) is 0 Å². The van der Waals surface area contributed by atoms with Crippen molar-refractivity contribution in [3.05, 3.63) is 59.9 Å². The van der Waals surface area contributed by atoms with E-state index in [1.807, 2.05) is 6.07 Å². The van der Waals surface area contributed by atoms with Crippen LogP contribution >= 0.6 is 0 Å². The first-order valence-electron chi connectivity index (χ1n) is 8.17. The van der Waals surface area contributed by atoms with E-state index in [0.29, 0.717) is 11.4 Å². The molecule has 7 nitrogen and oxygen atoms in total. The van der Waals surface area contributed by atoms with E-state index in [0.717, 1.165) is 5.56 Å². The molecule has 1 aliphatic rings. The molecule has 0 aromatic heterocycles. The van der Waals surface area contributed by atoms with Gasteiger partial charge in [0.2, 0.25) is 5.91 Å². The van der Waals surface area contributed by atoms with Gasteiger partial charge in [-0.25, -0.2) is 4.39 Å². The second-order valence-corrected chi connectivity index (χ2v) is 5.98. The van der Waals surface area contributed by atoms with Crippen LogP contribution in [0.3, 0.4) is 0 Å². The van der Waals surface area contributed by atoms with Crippen LogP contribution in [-0.2, 0) is 16.0 Å². The summed E-state index contributed by atoms with van der Waals surface area (Å²) < 4.78 is 13.1. The molecule has 1 atom stereocenters. The summed E-state index contributed by atoms with van der Waals surface area (Å²) in [5.41, 5.74) is 7.41. The average Bonchev–Trinajstić information content (AvgIpc) is 3.10. The van der Waals surface area contributed by atoms with E-state index < -0.39 is 23.7 Å². The molecule has 0 bridgehead atoms. The fraction of sp³-hybridized carbons (Fsp3) is 0.158. The Kier molecular flexibility index (Phi) is 5.13. The van der Waals surface area contributed by atoms with Crippen LogP contribution < -0.4 is 16.1 Å². The molecule has 8 heteroatoms. The third-order valence-electron chi connectivity index (χ3n) is 4.09. The van der Waals surface area contributed by atoms with Crippen molar-refractivity contribution < 1.29 is 14.0 Å². The molecule has 0 radical (unpaired) electrons. The normalized spacial score (nSPS) is 15.8. The maximum Gasteiger partial charge on any atom is 0.271 e. The van der Waals surface area contributed by atoms with E-state index in [9.17, 15) is 14.0 Å². The second-order valence-electron chi connectivity index (χ2n) is 5.98. The summed E-state index contributed by atoms with van der Waals surface area (Å²) in [6.45, 7) is 0. The third kappa shape index (κ3) is 4.10. The van der Waals surface area contributed by atoms with Crippen molar-refractivity contribution in [2.45, 2.75) is 18.9 Å². The number of carbonyl (C=O) groups is 2. The number of hydrogen-bond acceptors (Lipinski definition) is 5. The van der Waals surface area contributed by atoms with E-state index in [1.165, 1.54) is 29.3 Å². The highest BCUT2D eigenvalue weighted by atomic mass is 19.1. The highest BCUT2D eigenvalue weighted by Crippen LogP contribution is 2.25. The van der Waals surface area contributed by atoms with Gasteiger partial charge >= 0.3 is 0 Å². The molecule has 2 aromatic rings. The number of nitrogens with zero attached hydrogens (tertiary/aromatic N) is 3. The summed E-state index contributed by atoms with van der Waals surface area (Å²) in [4.78, 5) is 24.2. The molecule has 0 aliphatic carbocycles. The molecule has 1 heterocycles. The third-order valence-corrected chi connectivity index (χ3v) is 4.09. The molecule has 136 valence electrons.